The van der Waals surface area contributed by atoms with Crippen molar-refractivity contribution in [1.82, 2.24) is 9.55 Å². The van der Waals surface area contributed by atoms with E-state index in [0.717, 1.165) is 41.8 Å². The second-order valence-electron chi connectivity index (χ2n) is 5.76. The molecule has 2 aromatic heterocycles. The van der Waals surface area contributed by atoms with E-state index in [9.17, 15) is 9.59 Å². The van der Waals surface area contributed by atoms with Crippen molar-refractivity contribution in [2.45, 2.75) is 52.0 Å². The molecule has 4 nitrogen and oxygen atoms in total. The van der Waals surface area contributed by atoms with Crippen LogP contribution in [0.4, 0.5) is 0 Å². The highest BCUT2D eigenvalue weighted by Gasteiger charge is 2.21. The Kier molecular flexibility index (Phi) is 4.19. The van der Waals surface area contributed by atoms with Crippen LogP contribution in [0.1, 0.15) is 43.9 Å². The first kappa shape index (κ1) is 14.4. The van der Waals surface area contributed by atoms with Crippen molar-refractivity contribution >= 4 is 27.3 Å². The molecule has 2 aromatic rings. The molecule has 0 amide bonds. The van der Waals surface area contributed by atoms with Crippen LogP contribution < -0.4 is 5.56 Å². The summed E-state index contributed by atoms with van der Waals surface area (Å²) in [5, 5.41) is 0.649. The number of Topliss-reactive ketones (excluding diaryl/α,β-unsaturated/α-hetero) is 1. The quantitative estimate of drug-likeness (QED) is 0.872. The number of aryl methyl sites for hydroxylation is 1. The average Bonchev–Trinajstić information content (AvgIpc) is 2.95. The third-order valence-electron chi connectivity index (χ3n) is 4.30. The summed E-state index contributed by atoms with van der Waals surface area (Å²) >= 11 is 1.56. The zero-order valence-electron chi connectivity index (χ0n) is 12.3. The molecule has 3 rings (SSSR count). The molecule has 0 atom stereocenters. The number of ketones is 1. The van der Waals surface area contributed by atoms with Crippen molar-refractivity contribution < 1.29 is 4.79 Å². The van der Waals surface area contributed by atoms with E-state index in [1.165, 1.54) is 17.3 Å². The maximum absolute atomic E-state index is 12.5. The molecule has 2 heterocycles. The molecule has 0 unspecified atom stereocenters. The lowest BCUT2D eigenvalue weighted by Gasteiger charge is -2.20. The summed E-state index contributed by atoms with van der Waals surface area (Å²) < 4.78 is 1.48. The van der Waals surface area contributed by atoms with Gasteiger partial charge in [-0.3, -0.25) is 14.2 Å². The third-order valence-corrected chi connectivity index (χ3v) is 5.49. The van der Waals surface area contributed by atoms with Crippen molar-refractivity contribution in [3.8, 4) is 0 Å². The van der Waals surface area contributed by atoms with E-state index in [-0.39, 0.29) is 23.8 Å². The lowest BCUT2D eigenvalue weighted by Crippen LogP contribution is -2.28. The van der Waals surface area contributed by atoms with Gasteiger partial charge in [0, 0.05) is 10.8 Å². The minimum atomic E-state index is -0.0832. The Morgan fingerprint density at radius 3 is 2.86 bits per heavy atom. The molecule has 0 bridgehead atoms. The van der Waals surface area contributed by atoms with Gasteiger partial charge in [0.1, 0.15) is 4.83 Å². The summed E-state index contributed by atoms with van der Waals surface area (Å²) in [5.74, 6) is 0.318. The maximum atomic E-state index is 12.5. The first-order valence-electron chi connectivity index (χ1n) is 7.69. The van der Waals surface area contributed by atoms with Crippen LogP contribution in [0.15, 0.2) is 17.2 Å². The van der Waals surface area contributed by atoms with E-state index < -0.39 is 0 Å². The minimum Gasteiger partial charge on any atom is -0.297 e. The van der Waals surface area contributed by atoms with Gasteiger partial charge >= 0.3 is 0 Å². The van der Waals surface area contributed by atoms with Crippen LogP contribution >= 0.6 is 11.3 Å². The second-order valence-corrected chi connectivity index (χ2v) is 6.88. The Hall–Kier alpha value is -1.49. The predicted octanol–water partition coefficient (Wildman–Crippen LogP) is 3.17. The number of rotatable bonds is 4. The van der Waals surface area contributed by atoms with Gasteiger partial charge in [0.15, 0.2) is 5.78 Å². The van der Waals surface area contributed by atoms with Crippen LogP contribution in [-0.4, -0.2) is 15.3 Å². The molecular weight excluding hydrogens is 284 g/mol. The van der Waals surface area contributed by atoms with Gasteiger partial charge in [-0.05, 0) is 25.3 Å². The van der Waals surface area contributed by atoms with Crippen molar-refractivity contribution in [1.29, 1.82) is 0 Å². The molecule has 1 fully saturated rings. The second kappa shape index (κ2) is 6.10. The summed E-state index contributed by atoms with van der Waals surface area (Å²) in [7, 11) is 0. The van der Waals surface area contributed by atoms with Gasteiger partial charge in [0.05, 0.1) is 18.3 Å². The molecule has 0 radical (unpaired) electrons. The Balaban J connectivity index is 1.85. The molecular formula is C16H20N2O2S. The standard InChI is InChI=1S/C16H20N2O2S/c1-2-12-8-13-15(21-12)17-10-18(16(13)20)9-14(19)11-6-4-3-5-7-11/h8,10-11H,2-7,9H2,1H3. The molecule has 1 saturated carbocycles. The van der Waals surface area contributed by atoms with E-state index in [4.69, 9.17) is 0 Å². The van der Waals surface area contributed by atoms with Gasteiger partial charge in [-0.2, -0.15) is 0 Å². The summed E-state index contributed by atoms with van der Waals surface area (Å²) in [6.07, 6.45) is 7.87. The van der Waals surface area contributed by atoms with Crippen molar-refractivity contribution in [3.63, 3.8) is 0 Å². The van der Waals surface area contributed by atoms with E-state index in [0.29, 0.717) is 5.39 Å². The summed E-state index contributed by atoms with van der Waals surface area (Å²) in [6, 6.07) is 1.91. The van der Waals surface area contributed by atoms with Gasteiger partial charge in [0.25, 0.3) is 5.56 Å². The normalized spacial score (nSPS) is 16.4. The number of hydrogen-bond donors (Lipinski definition) is 0. The van der Waals surface area contributed by atoms with Gasteiger partial charge < -0.3 is 0 Å². The highest BCUT2D eigenvalue weighted by Crippen LogP contribution is 2.25. The molecule has 0 N–H and O–H groups in total. The Morgan fingerprint density at radius 2 is 2.14 bits per heavy atom. The van der Waals surface area contributed by atoms with Crippen molar-refractivity contribution in [2.24, 2.45) is 5.92 Å². The van der Waals surface area contributed by atoms with Gasteiger partial charge in [-0.15, -0.1) is 11.3 Å². The molecule has 112 valence electrons. The number of nitrogens with zero attached hydrogens (tertiary/aromatic N) is 2. The number of carbonyl (C=O) groups is 1. The van der Waals surface area contributed by atoms with Crippen LogP contribution in [0.25, 0.3) is 10.2 Å². The van der Waals surface area contributed by atoms with E-state index in [1.54, 1.807) is 11.3 Å². The molecule has 0 aromatic carbocycles. The number of hydrogen-bond acceptors (Lipinski definition) is 4. The lowest BCUT2D eigenvalue weighted by atomic mass is 9.86. The fourth-order valence-electron chi connectivity index (χ4n) is 3.02. The van der Waals surface area contributed by atoms with Gasteiger partial charge in [-0.1, -0.05) is 26.2 Å². The van der Waals surface area contributed by atoms with Crippen molar-refractivity contribution in [2.75, 3.05) is 0 Å². The van der Waals surface area contributed by atoms with E-state index >= 15 is 0 Å². The molecule has 1 aliphatic rings. The SMILES string of the molecule is CCc1cc2c(=O)n(CC(=O)C3CCCCC3)cnc2s1. The number of thiophene rings is 1. The summed E-state index contributed by atoms with van der Waals surface area (Å²) in [5.41, 5.74) is -0.0832. The lowest BCUT2D eigenvalue weighted by molar-refractivity contribution is -0.124. The third kappa shape index (κ3) is 2.93. The smallest absolute Gasteiger partial charge is 0.262 e. The van der Waals surface area contributed by atoms with Crippen LogP contribution in [0, 0.1) is 5.92 Å². The summed E-state index contributed by atoms with van der Waals surface area (Å²) in [4.78, 5) is 31.1. The minimum absolute atomic E-state index is 0.0832. The first-order chi connectivity index (χ1) is 10.2. The largest absolute Gasteiger partial charge is 0.297 e. The van der Waals surface area contributed by atoms with E-state index in [1.807, 2.05) is 6.07 Å². The predicted molar refractivity (Wildman–Crippen MR) is 84.8 cm³/mol. The van der Waals surface area contributed by atoms with Crippen LogP contribution in [0.5, 0.6) is 0 Å². The molecule has 0 saturated heterocycles. The number of aromatic nitrogens is 2. The van der Waals surface area contributed by atoms with Crippen LogP contribution in [0.3, 0.4) is 0 Å². The van der Waals surface area contributed by atoms with E-state index in [2.05, 4.69) is 11.9 Å². The molecule has 0 spiro atoms. The maximum Gasteiger partial charge on any atom is 0.262 e. The first-order valence-corrected chi connectivity index (χ1v) is 8.51. The highest BCUT2D eigenvalue weighted by atomic mass is 32.1. The van der Waals surface area contributed by atoms with Crippen LogP contribution in [-0.2, 0) is 17.8 Å². The molecule has 5 heteroatoms. The highest BCUT2D eigenvalue weighted by molar-refractivity contribution is 7.18. The zero-order valence-corrected chi connectivity index (χ0v) is 13.1. The summed E-state index contributed by atoms with van der Waals surface area (Å²) in [6.45, 7) is 2.24. The van der Waals surface area contributed by atoms with Crippen LogP contribution in [0.2, 0.25) is 0 Å². The zero-order chi connectivity index (χ0) is 14.8. The fraction of sp³-hybridized carbons (Fsp3) is 0.562. The average molecular weight is 304 g/mol. The molecule has 1 aliphatic carbocycles. The monoisotopic (exact) mass is 304 g/mol. The molecule has 0 aliphatic heterocycles. The Morgan fingerprint density at radius 1 is 1.38 bits per heavy atom. The van der Waals surface area contributed by atoms with Gasteiger partial charge in [-0.25, -0.2) is 4.98 Å². The number of fused-ring (bicyclic) bond motifs is 1. The Labute approximate surface area is 127 Å². The topological polar surface area (TPSA) is 52.0 Å². The molecule has 21 heavy (non-hydrogen) atoms. The van der Waals surface area contributed by atoms with Gasteiger partial charge in [0.2, 0.25) is 0 Å². The Bertz CT molecular complexity index is 711. The fourth-order valence-corrected chi connectivity index (χ4v) is 3.94. The number of carbonyl (C=O) groups excluding carboxylic acids is 1. The van der Waals surface area contributed by atoms with Crippen molar-refractivity contribution in [3.05, 3.63) is 27.6 Å².